The molecule has 116 valence electrons. The molecule has 1 aromatic heterocycles. The number of anilines is 1. The van der Waals surface area contributed by atoms with Gasteiger partial charge < -0.3 is 5.32 Å². The minimum Gasteiger partial charge on any atom is -0.326 e. The van der Waals surface area contributed by atoms with E-state index >= 15 is 0 Å². The normalized spacial score (nSPS) is 11.3. The van der Waals surface area contributed by atoms with E-state index < -0.39 is 0 Å². The number of aliphatic imine (C=N–C) groups is 1. The molecule has 0 saturated carbocycles. The Morgan fingerprint density at radius 3 is 2.65 bits per heavy atom. The Morgan fingerprint density at radius 1 is 1.22 bits per heavy atom. The Hall–Kier alpha value is -2.53. The zero-order valence-electron chi connectivity index (χ0n) is 13.3. The lowest BCUT2D eigenvalue weighted by atomic mass is 10.1. The van der Waals surface area contributed by atoms with Crippen LogP contribution in [0, 0.1) is 13.8 Å². The zero-order chi connectivity index (χ0) is 16.4. The van der Waals surface area contributed by atoms with Crippen LogP contribution in [-0.4, -0.2) is 17.1 Å². The molecule has 0 aliphatic carbocycles. The summed E-state index contributed by atoms with van der Waals surface area (Å²) < 4.78 is 1.16. The van der Waals surface area contributed by atoms with Crippen LogP contribution in [0.2, 0.25) is 0 Å². The van der Waals surface area contributed by atoms with Crippen LogP contribution in [0.15, 0.2) is 41.4 Å². The molecule has 23 heavy (non-hydrogen) atoms. The molecular weight excluding hydrogens is 306 g/mol. The number of amides is 1. The summed E-state index contributed by atoms with van der Waals surface area (Å²) in [5.74, 6) is -0.0773. The van der Waals surface area contributed by atoms with Gasteiger partial charge in [0.2, 0.25) is 11.0 Å². The maximum Gasteiger partial charge on any atom is 0.221 e. The molecule has 3 aromatic rings. The molecule has 5 heteroatoms. The smallest absolute Gasteiger partial charge is 0.221 e. The number of aromatic nitrogens is 1. The van der Waals surface area contributed by atoms with E-state index in [4.69, 9.17) is 0 Å². The first-order valence-corrected chi connectivity index (χ1v) is 8.12. The second-order valence-corrected chi connectivity index (χ2v) is 6.50. The summed E-state index contributed by atoms with van der Waals surface area (Å²) in [7, 11) is 0. The number of benzene rings is 2. The van der Waals surface area contributed by atoms with Gasteiger partial charge in [0.25, 0.3) is 0 Å². The summed E-state index contributed by atoms with van der Waals surface area (Å²) in [6.45, 7) is 5.65. The first-order chi connectivity index (χ1) is 11.0. The van der Waals surface area contributed by atoms with Crippen molar-refractivity contribution >= 4 is 44.5 Å². The van der Waals surface area contributed by atoms with Gasteiger partial charge in [0.05, 0.1) is 10.2 Å². The third-order valence-electron chi connectivity index (χ3n) is 3.37. The molecule has 0 unspecified atom stereocenters. The van der Waals surface area contributed by atoms with Crippen molar-refractivity contribution in [1.82, 2.24) is 4.98 Å². The summed E-state index contributed by atoms with van der Waals surface area (Å²) in [6, 6.07) is 11.8. The van der Waals surface area contributed by atoms with E-state index in [0.717, 1.165) is 26.6 Å². The first kappa shape index (κ1) is 15.4. The summed E-state index contributed by atoms with van der Waals surface area (Å²) in [6.07, 6.45) is 1.79. The monoisotopic (exact) mass is 323 g/mol. The van der Waals surface area contributed by atoms with Crippen LogP contribution in [0.1, 0.15) is 23.6 Å². The number of nitrogens with one attached hydrogen (secondary N) is 1. The number of hydrogen-bond donors (Lipinski definition) is 1. The quantitative estimate of drug-likeness (QED) is 0.715. The number of hydrogen-bond acceptors (Lipinski definition) is 4. The number of carbonyl (C=O) groups excluding carboxylic acids is 1. The zero-order valence-corrected chi connectivity index (χ0v) is 14.1. The number of fused-ring (bicyclic) bond motifs is 1. The Morgan fingerprint density at radius 2 is 1.96 bits per heavy atom. The SMILES string of the molecule is CC(=O)Nc1ccc(C=Nc2nc3c(C)cc(C)cc3s2)cc1. The van der Waals surface area contributed by atoms with Gasteiger partial charge in [0, 0.05) is 18.8 Å². The molecule has 0 aliphatic heterocycles. The highest BCUT2D eigenvalue weighted by Gasteiger charge is 2.05. The van der Waals surface area contributed by atoms with E-state index in [9.17, 15) is 4.79 Å². The second kappa shape index (κ2) is 6.30. The molecule has 0 fully saturated rings. The first-order valence-electron chi connectivity index (χ1n) is 7.31. The van der Waals surface area contributed by atoms with E-state index in [1.807, 2.05) is 24.3 Å². The molecular formula is C18H17N3OS. The number of nitrogens with zero attached hydrogens (tertiary/aromatic N) is 2. The summed E-state index contributed by atoms with van der Waals surface area (Å²) >= 11 is 1.59. The minimum absolute atomic E-state index is 0.0773. The topological polar surface area (TPSA) is 54.4 Å². The van der Waals surface area contributed by atoms with Gasteiger partial charge in [-0.1, -0.05) is 29.5 Å². The van der Waals surface area contributed by atoms with Crippen LogP contribution in [0.5, 0.6) is 0 Å². The third-order valence-corrected chi connectivity index (χ3v) is 4.28. The Kier molecular flexibility index (Phi) is 4.21. The molecule has 0 spiro atoms. The molecule has 1 heterocycles. The van der Waals surface area contributed by atoms with Crippen molar-refractivity contribution in [1.29, 1.82) is 0 Å². The Labute approximate surface area is 138 Å². The fourth-order valence-corrected chi connectivity index (χ4v) is 3.39. The molecule has 1 N–H and O–H groups in total. The standard InChI is InChI=1S/C18H17N3OS/c1-11-8-12(2)17-16(9-11)23-18(21-17)19-10-14-4-6-15(7-5-14)20-13(3)22/h4-10H,1-3H3,(H,20,22). The molecule has 3 rings (SSSR count). The fourth-order valence-electron chi connectivity index (χ4n) is 2.40. The van der Waals surface area contributed by atoms with Crippen LogP contribution in [0.3, 0.4) is 0 Å². The van der Waals surface area contributed by atoms with Gasteiger partial charge in [-0.3, -0.25) is 4.79 Å². The molecule has 0 aliphatic rings. The van der Waals surface area contributed by atoms with Gasteiger partial charge >= 0.3 is 0 Å². The molecule has 4 nitrogen and oxygen atoms in total. The molecule has 0 atom stereocenters. The van der Waals surface area contributed by atoms with Crippen LogP contribution >= 0.6 is 11.3 Å². The Balaban J connectivity index is 1.82. The van der Waals surface area contributed by atoms with Gasteiger partial charge in [-0.05, 0) is 48.7 Å². The van der Waals surface area contributed by atoms with Gasteiger partial charge in [-0.25, -0.2) is 9.98 Å². The largest absolute Gasteiger partial charge is 0.326 e. The van der Waals surface area contributed by atoms with Crippen molar-refractivity contribution in [2.45, 2.75) is 20.8 Å². The van der Waals surface area contributed by atoms with Crippen molar-refractivity contribution < 1.29 is 4.79 Å². The van der Waals surface area contributed by atoms with Crippen molar-refractivity contribution in [3.63, 3.8) is 0 Å². The molecule has 1 amide bonds. The van der Waals surface area contributed by atoms with Gasteiger partial charge in [0.1, 0.15) is 0 Å². The van der Waals surface area contributed by atoms with Crippen LogP contribution in [0.25, 0.3) is 10.2 Å². The highest BCUT2D eigenvalue weighted by atomic mass is 32.1. The predicted octanol–water partition coefficient (Wildman–Crippen LogP) is 4.62. The molecule has 2 aromatic carbocycles. The van der Waals surface area contributed by atoms with Crippen LogP contribution in [0.4, 0.5) is 10.8 Å². The highest BCUT2D eigenvalue weighted by Crippen LogP contribution is 2.30. The summed E-state index contributed by atoms with van der Waals surface area (Å²) in [5.41, 5.74) is 5.18. The highest BCUT2D eigenvalue weighted by molar-refractivity contribution is 7.22. The van der Waals surface area contributed by atoms with Gasteiger partial charge in [0.15, 0.2) is 0 Å². The van der Waals surface area contributed by atoms with Gasteiger partial charge in [-0.15, -0.1) is 0 Å². The lowest BCUT2D eigenvalue weighted by Crippen LogP contribution is -2.05. The summed E-state index contributed by atoms with van der Waals surface area (Å²) in [5, 5.41) is 3.49. The predicted molar refractivity (Wildman–Crippen MR) is 97.1 cm³/mol. The van der Waals surface area contributed by atoms with E-state index in [1.165, 1.54) is 18.1 Å². The van der Waals surface area contributed by atoms with Crippen molar-refractivity contribution in [3.8, 4) is 0 Å². The lowest BCUT2D eigenvalue weighted by Gasteiger charge is -2.01. The van der Waals surface area contributed by atoms with Crippen molar-refractivity contribution in [2.75, 3.05) is 5.32 Å². The maximum absolute atomic E-state index is 11.0. The van der Waals surface area contributed by atoms with Crippen molar-refractivity contribution in [2.24, 2.45) is 4.99 Å². The number of aryl methyl sites for hydroxylation is 2. The fraction of sp³-hybridized carbons (Fsp3) is 0.167. The number of rotatable bonds is 3. The van der Waals surface area contributed by atoms with E-state index in [1.54, 1.807) is 17.6 Å². The maximum atomic E-state index is 11.0. The van der Waals surface area contributed by atoms with Crippen molar-refractivity contribution in [3.05, 3.63) is 53.1 Å². The number of carbonyl (C=O) groups is 1. The van der Waals surface area contributed by atoms with E-state index in [0.29, 0.717) is 0 Å². The molecule has 0 saturated heterocycles. The summed E-state index contributed by atoms with van der Waals surface area (Å²) in [4.78, 5) is 20.1. The number of thiazole rings is 1. The third kappa shape index (κ3) is 3.63. The molecule has 0 radical (unpaired) electrons. The average molecular weight is 323 g/mol. The van der Waals surface area contributed by atoms with Crippen LogP contribution < -0.4 is 5.32 Å². The minimum atomic E-state index is -0.0773. The van der Waals surface area contributed by atoms with E-state index in [2.05, 4.69) is 41.3 Å². The lowest BCUT2D eigenvalue weighted by molar-refractivity contribution is -0.114. The van der Waals surface area contributed by atoms with E-state index in [-0.39, 0.29) is 5.91 Å². The Bertz CT molecular complexity index is 895. The second-order valence-electron chi connectivity index (χ2n) is 5.49. The van der Waals surface area contributed by atoms with Gasteiger partial charge in [-0.2, -0.15) is 0 Å². The van der Waals surface area contributed by atoms with Crippen LogP contribution in [-0.2, 0) is 4.79 Å². The molecule has 0 bridgehead atoms. The average Bonchev–Trinajstić information content (AvgIpc) is 2.89.